The lowest BCUT2D eigenvalue weighted by atomic mass is 10.2. The molecule has 0 aliphatic carbocycles. The molecule has 9 heteroatoms. The van der Waals surface area contributed by atoms with Crippen molar-refractivity contribution < 1.29 is 27.1 Å². The zero-order valence-electron chi connectivity index (χ0n) is 16.5. The van der Waals surface area contributed by atoms with Gasteiger partial charge in [0.05, 0.1) is 4.90 Å². The summed E-state index contributed by atoms with van der Waals surface area (Å²) in [5.74, 6) is -1.82. The van der Waals surface area contributed by atoms with Gasteiger partial charge in [0.1, 0.15) is 11.9 Å². The highest BCUT2D eigenvalue weighted by Crippen LogP contribution is 2.27. The van der Waals surface area contributed by atoms with Crippen LogP contribution in [0.4, 0.5) is 4.39 Å². The molecule has 3 rings (SSSR count). The third-order valence-corrected chi connectivity index (χ3v) is 6.81. The predicted octanol–water partition coefficient (Wildman–Crippen LogP) is 2.15. The molecule has 2 aromatic carbocycles. The van der Waals surface area contributed by atoms with E-state index in [-0.39, 0.29) is 18.0 Å². The van der Waals surface area contributed by atoms with Crippen LogP contribution in [-0.4, -0.2) is 43.8 Å². The fraction of sp³-hybridized carbons (Fsp3) is 0.333. The molecule has 1 fully saturated rings. The summed E-state index contributed by atoms with van der Waals surface area (Å²) < 4.78 is 45.5. The molecule has 0 saturated carbocycles. The second-order valence-corrected chi connectivity index (χ2v) is 8.95. The van der Waals surface area contributed by atoms with Crippen LogP contribution in [0.5, 0.6) is 0 Å². The predicted molar refractivity (Wildman–Crippen MR) is 107 cm³/mol. The Balaban J connectivity index is 1.57. The van der Waals surface area contributed by atoms with Crippen molar-refractivity contribution in [3.05, 3.63) is 65.5 Å². The minimum atomic E-state index is -3.85. The number of rotatable bonds is 7. The van der Waals surface area contributed by atoms with Gasteiger partial charge in [0.2, 0.25) is 10.0 Å². The topological polar surface area (TPSA) is 92.8 Å². The summed E-state index contributed by atoms with van der Waals surface area (Å²) in [6.45, 7) is 1.45. The third-order valence-electron chi connectivity index (χ3n) is 4.88. The number of nitrogens with one attached hydrogen (secondary N) is 1. The van der Waals surface area contributed by atoms with E-state index >= 15 is 0 Å². The average molecular weight is 434 g/mol. The van der Waals surface area contributed by atoms with Crippen LogP contribution in [0.15, 0.2) is 53.4 Å². The first-order valence-corrected chi connectivity index (χ1v) is 11.0. The monoisotopic (exact) mass is 434 g/mol. The average Bonchev–Trinajstić information content (AvgIpc) is 3.23. The van der Waals surface area contributed by atoms with Crippen molar-refractivity contribution in [1.29, 1.82) is 0 Å². The zero-order valence-corrected chi connectivity index (χ0v) is 17.3. The first-order chi connectivity index (χ1) is 14.3. The number of benzene rings is 2. The molecule has 0 bridgehead atoms. The zero-order chi connectivity index (χ0) is 21.7. The van der Waals surface area contributed by atoms with Gasteiger partial charge in [-0.25, -0.2) is 12.8 Å². The van der Waals surface area contributed by atoms with E-state index in [4.69, 9.17) is 4.74 Å². The minimum absolute atomic E-state index is 0.0413. The number of esters is 1. The molecule has 1 saturated heterocycles. The van der Waals surface area contributed by atoms with E-state index in [2.05, 4.69) is 5.32 Å². The van der Waals surface area contributed by atoms with Gasteiger partial charge in [0.15, 0.2) is 6.61 Å². The van der Waals surface area contributed by atoms with Crippen LogP contribution < -0.4 is 5.32 Å². The largest absolute Gasteiger partial charge is 0.454 e. The number of hydrogen-bond acceptors (Lipinski definition) is 5. The summed E-state index contributed by atoms with van der Waals surface area (Å²) in [5.41, 5.74) is 1.23. The molecule has 1 aliphatic rings. The molecule has 30 heavy (non-hydrogen) atoms. The van der Waals surface area contributed by atoms with Gasteiger partial charge in [0, 0.05) is 18.7 Å². The maximum absolute atomic E-state index is 13.6. The Morgan fingerprint density at radius 1 is 1.17 bits per heavy atom. The fourth-order valence-corrected chi connectivity index (χ4v) is 4.88. The molecule has 1 amide bonds. The van der Waals surface area contributed by atoms with Gasteiger partial charge in [0.25, 0.3) is 5.91 Å². The molecular formula is C21H23FN2O5S. The second kappa shape index (κ2) is 9.36. The lowest BCUT2D eigenvalue weighted by molar-refractivity contribution is -0.151. The Kier molecular flexibility index (Phi) is 6.84. The number of halogens is 1. The first kappa shape index (κ1) is 21.9. The summed E-state index contributed by atoms with van der Waals surface area (Å²) in [5, 5.41) is 2.47. The number of ether oxygens (including phenoxy) is 1. The summed E-state index contributed by atoms with van der Waals surface area (Å²) in [7, 11) is -3.85. The number of carbonyl (C=O) groups is 2. The molecule has 0 aromatic heterocycles. The Morgan fingerprint density at radius 2 is 1.87 bits per heavy atom. The molecule has 1 N–H and O–H groups in total. The molecule has 0 radical (unpaired) electrons. The van der Waals surface area contributed by atoms with Crippen LogP contribution in [-0.2, 0) is 30.9 Å². The van der Waals surface area contributed by atoms with Crippen LogP contribution in [0.3, 0.4) is 0 Å². The molecule has 1 aliphatic heterocycles. The Hall–Kier alpha value is -2.78. The molecule has 1 heterocycles. The highest BCUT2D eigenvalue weighted by atomic mass is 32.2. The third kappa shape index (κ3) is 5.03. The van der Waals surface area contributed by atoms with Crippen molar-refractivity contribution in [3.8, 4) is 0 Å². The van der Waals surface area contributed by atoms with Crippen LogP contribution in [0.2, 0.25) is 0 Å². The standard InChI is InChI=1S/C21H23FN2O5S/c1-15-8-10-17(11-9-15)30(27,28)24-12-4-7-19(24)21(26)29-14-20(25)23-13-16-5-2-3-6-18(16)22/h2-3,5-6,8-11,19H,4,7,12-14H2,1H3,(H,23,25)/t19-/m0/s1. The Bertz CT molecular complexity index is 1020. The summed E-state index contributed by atoms with van der Waals surface area (Å²) in [4.78, 5) is 24.5. The quantitative estimate of drug-likeness (QED) is 0.674. The van der Waals surface area contributed by atoms with Crippen LogP contribution >= 0.6 is 0 Å². The molecule has 160 valence electrons. The van der Waals surface area contributed by atoms with Gasteiger partial charge < -0.3 is 10.1 Å². The Morgan fingerprint density at radius 3 is 2.57 bits per heavy atom. The van der Waals surface area contributed by atoms with E-state index in [1.807, 2.05) is 6.92 Å². The maximum Gasteiger partial charge on any atom is 0.324 e. The van der Waals surface area contributed by atoms with Crippen LogP contribution in [0.1, 0.15) is 24.0 Å². The van der Waals surface area contributed by atoms with Gasteiger partial charge in [-0.1, -0.05) is 35.9 Å². The van der Waals surface area contributed by atoms with Crippen molar-refractivity contribution >= 4 is 21.9 Å². The molecule has 1 atom stereocenters. The lowest BCUT2D eigenvalue weighted by Gasteiger charge is -2.22. The first-order valence-electron chi connectivity index (χ1n) is 9.54. The van der Waals surface area contributed by atoms with E-state index < -0.39 is 40.4 Å². The number of amides is 1. The highest BCUT2D eigenvalue weighted by Gasteiger charge is 2.40. The number of nitrogens with zero attached hydrogens (tertiary/aromatic N) is 1. The van der Waals surface area contributed by atoms with E-state index in [1.54, 1.807) is 24.3 Å². The van der Waals surface area contributed by atoms with Gasteiger partial charge in [-0.2, -0.15) is 4.31 Å². The minimum Gasteiger partial charge on any atom is -0.454 e. The maximum atomic E-state index is 13.6. The second-order valence-electron chi connectivity index (χ2n) is 7.06. The van der Waals surface area contributed by atoms with Crippen molar-refractivity contribution in [2.75, 3.05) is 13.2 Å². The van der Waals surface area contributed by atoms with Gasteiger partial charge in [-0.05, 0) is 38.0 Å². The fourth-order valence-electron chi connectivity index (χ4n) is 3.23. The number of hydrogen-bond donors (Lipinski definition) is 1. The van der Waals surface area contributed by atoms with E-state index in [0.29, 0.717) is 18.4 Å². The smallest absolute Gasteiger partial charge is 0.324 e. The summed E-state index contributed by atoms with van der Waals surface area (Å²) >= 11 is 0. The van der Waals surface area contributed by atoms with Gasteiger partial charge >= 0.3 is 5.97 Å². The molecular weight excluding hydrogens is 411 g/mol. The van der Waals surface area contributed by atoms with Crippen LogP contribution in [0.25, 0.3) is 0 Å². The lowest BCUT2D eigenvalue weighted by Crippen LogP contribution is -2.42. The Labute approximate surface area is 174 Å². The normalized spacial score (nSPS) is 16.9. The van der Waals surface area contributed by atoms with Crippen molar-refractivity contribution in [3.63, 3.8) is 0 Å². The molecule has 7 nitrogen and oxygen atoms in total. The van der Waals surface area contributed by atoms with E-state index in [9.17, 15) is 22.4 Å². The SMILES string of the molecule is Cc1ccc(S(=O)(=O)N2CCC[C@H]2C(=O)OCC(=O)NCc2ccccc2F)cc1. The highest BCUT2D eigenvalue weighted by molar-refractivity contribution is 7.89. The number of aryl methyl sites for hydroxylation is 1. The van der Waals surface area contributed by atoms with E-state index in [1.165, 1.54) is 24.3 Å². The number of carbonyl (C=O) groups excluding carboxylic acids is 2. The van der Waals surface area contributed by atoms with Gasteiger partial charge in [-0.3, -0.25) is 9.59 Å². The van der Waals surface area contributed by atoms with Crippen molar-refractivity contribution in [2.45, 2.75) is 37.2 Å². The summed E-state index contributed by atoms with van der Waals surface area (Å²) in [6, 6.07) is 11.4. The molecule has 2 aromatic rings. The van der Waals surface area contributed by atoms with Crippen molar-refractivity contribution in [1.82, 2.24) is 9.62 Å². The van der Waals surface area contributed by atoms with E-state index in [0.717, 1.165) is 9.87 Å². The summed E-state index contributed by atoms with van der Waals surface area (Å²) in [6.07, 6.45) is 0.838. The number of sulfonamides is 1. The van der Waals surface area contributed by atoms with Gasteiger partial charge in [-0.15, -0.1) is 0 Å². The molecule has 0 unspecified atom stereocenters. The van der Waals surface area contributed by atoms with Crippen molar-refractivity contribution in [2.24, 2.45) is 0 Å². The van der Waals surface area contributed by atoms with Crippen LogP contribution in [0, 0.1) is 12.7 Å². The molecule has 0 spiro atoms.